The second-order valence-corrected chi connectivity index (χ2v) is 5.08. The van der Waals surface area contributed by atoms with Gasteiger partial charge in [0.1, 0.15) is 5.75 Å². The van der Waals surface area contributed by atoms with Crippen LogP contribution >= 0.6 is 0 Å². The van der Waals surface area contributed by atoms with Crippen molar-refractivity contribution in [1.82, 2.24) is 10.2 Å². The first-order valence-electron chi connectivity index (χ1n) is 7.20. The molecule has 21 heavy (non-hydrogen) atoms. The molecule has 2 aromatic carbocycles. The van der Waals surface area contributed by atoms with Crippen molar-refractivity contribution in [2.24, 2.45) is 4.99 Å². The lowest BCUT2D eigenvalue weighted by Crippen LogP contribution is -2.37. The van der Waals surface area contributed by atoms with E-state index in [0.29, 0.717) is 6.61 Å². The molecule has 112 valence electrons. The Morgan fingerprint density at radius 1 is 1.14 bits per heavy atom. The highest BCUT2D eigenvalue weighted by Crippen LogP contribution is 2.20. The largest absolute Gasteiger partial charge is 0.494 e. The van der Waals surface area contributed by atoms with Crippen molar-refractivity contribution in [2.45, 2.75) is 6.42 Å². The van der Waals surface area contributed by atoms with Crippen molar-refractivity contribution in [3.8, 4) is 5.75 Å². The molecule has 0 aromatic heterocycles. The zero-order valence-electron chi connectivity index (χ0n) is 13.0. The van der Waals surface area contributed by atoms with Crippen molar-refractivity contribution >= 4 is 16.7 Å². The number of ether oxygens (including phenoxy) is 1. The third kappa shape index (κ3) is 4.38. The molecule has 0 amide bonds. The highest BCUT2D eigenvalue weighted by Gasteiger charge is 2.00. The van der Waals surface area contributed by atoms with Gasteiger partial charge in [-0.3, -0.25) is 4.99 Å². The number of fused-ring (bicyclic) bond motifs is 1. The van der Waals surface area contributed by atoms with Crippen LogP contribution in [0.5, 0.6) is 5.75 Å². The van der Waals surface area contributed by atoms with Crippen LogP contribution in [0.1, 0.15) is 6.42 Å². The smallest absolute Gasteiger partial charge is 0.193 e. The molecule has 0 atom stereocenters. The lowest BCUT2D eigenvalue weighted by Gasteiger charge is -2.16. The second-order valence-electron chi connectivity index (χ2n) is 5.08. The summed E-state index contributed by atoms with van der Waals surface area (Å²) in [5.74, 6) is 1.81. The van der Waals surface area contributed by atoms with Crippen LogP contribution in [0, 0.1) is 0 Å². The number of guanidine groups is 1. The van der Waals surface area contributed by atoms with Crippen molar-refractivity contribution in [2.75, 3.05) is 34.3 Å². The van der Waals surface area contributed by atoms with Crippen LogP contribution in [0.3, 0.4) is 0 Å². The number of nitrogens with zero attached hydrogens (tertiary/aromatic N) is 2. The minimum atomic E-state index is 0.690. The van der Waals surface area contributed by atoms with E-state index in [4.69, 9.17) is 4.74 Å². The van der Waals surface area contributed by atoms with Gasteiger partial charge in [0, 0.05) is 27.7 Å². The van der Waals surface area contributed by atoms with E-state index in [-0.39, 0.29) is 0 Å². The third-order valence-corrected chi connectivity index (χ3v) is 3.23. The fourth-order valence-corrected chi connectivity index (χ4v) is 2.16. The lowest BCUT2D eigenvalue weighted by molar-refractivity contribution is 0.311. The fraction of sp³-hybridized carbons (Fsp3) is 0.353. The standard InChI is InChI=1S/C17H23N3O/c1-18-17(20(2)3)19-11-6-12-21-16-10-9-14-7-4-5-8-15(14)13-16/h4-5,7-10,13H,6,11-12H2,1-3H3,(H,18,19). The number of hydrogen-bond donors (Lipinski definition) is 1. The SMILES string of the molecule is CN=C(NCCCOc1ccc2ccccc2c1)N(C)C. The molecule has 0 bridgehead atoms. The van der Waals surface area contributed by atoms with E-state index < -0.39 is 0 Å². The summed E-state index contributed by atoms with van der Waals surface area (Å²) in [5, 5.41) is 5.73. The summed E-state index contributed by atoms with van der Waals surface area (Å²) < 4.78 is 5.80. The van der Waals surface area contributed by atoms with Crippen molar-refractivity contribution < 1.29 is 4.74 Å². The fourth-order valence-electron chi connectivity index (χ4n) is 2.16. The van der Waals surface area contributed by atoms with Crippen LogP contribution in [0.25, 0.3) is 10.8 Å². The number of benzene rings is 2. The summed E-state index contributed by atoms with van der Waals surface area (Å²) in [6, 6.07) is 14.5. The van der Waals surface area contributed by atoms with Gasteiger partial charge in [-0.1, -0.05) is 30.3 Å². The molecule has 0 unspecified atom stereocenters. The third-order valence-electron chi connectivity index (χ3n) is 3.23. The lowest BCUT2D eigenvalue weighted by atomic mass is 10.1. The number of nitrogens with one attached hydrogen (secondary N) is 1. The van der Waals surface area contributed by atoms with E-state index in [1.165, 1.54) is 10.8 Å². The number of rotatable bonds is 5. The van der Waals surface area contributed by atoms with E-state index in [1.54, 1.807) is 7.05 Å². The average molecular weight is 285 g/mol. The topological polar surface area (TPSA) is 36.9 Å². The second kappa shape index (κ2) is 7.53. The first kappa shape index (κ1) is 15.2. The molecule has 0 heterocycles. The Morgan fingerprint density at radius 2 is 1.90 bits per heavy atom. The molecular weight excluding hydrogens is 262 g/mol. The van der Waals surface area contributed by atoms with Gasteiger partial charge in [-0.15, -0.1) is 0 Å². The van der Waals surface area contributed by atoms with Gasteiger partial charge in [-0.05, 0) is 29.3 Å². The van der Waals surface area contributed by atoms with Crippen LogP contribution in [0.15, 0.2) is 47.5 Å². The van der Waals surface area contributed by atoms with Gasteiger partial charge >= 0.3 is 0 Å². The van der Waals surface area contributed by atoms with E-state index >= 15 is 0 Å². The maximum Gasteiger partial charge on any atom is 0.193 e. The molecule has 4 nitrogen and oxygen atoms in total. The summed E-state index contributed by atoms with van der Waals surface area (Å²) in [7, 11) is 5.73. The Hall–Kier alpha value is -2.23. The van der Waals surface area contributed by atoms with Gasteiger partial charge in [0.05, 0.1) is 6.61 Å². The minimum absolute atomic E-state index is 0.690. The molecule has 0 saturated heterocycles. The van der Waals surface area contributed by atoms with Crippen molar-refractivity contribution in [3.05, 3.63) is 42.5 Å². The zero-order chi connectivity index (χ0) is 15.1. The van der Waals surface area contributed by atoms with Gasteiger partial charge < -0.3 is 15.0 Å². The van der Waals surface area contributed by atoms with Crippen molar-refractivity contribution in [1.29, 1.82) is 0 Å². The summed E-state index contributed by atoms with van der Waals surface area (Å²) in [4.78, 5) is 6.13. The summed E-state index contributed by atoms with van der Waals surface area (Å²) in [5.41, 5.74) is 0. The van der Waals surface area contributed by atoms with Gasteiger partial charge in [-0.25, -0.2) is 0 Å². The average Bonchev–Trinajstić information content (AvgIpc) is 2.50. The van der Waals surface area contributed by atoms with Crippen LogP contribution in [0.4, 0.5) is 0 Å². The molecule has 0 aliphatic heterocycles. The molecule has 0 aliphatic rings. The normalized spacial score (nSPS) is 11.5. The Morgan fingerprint density at radius 3 is 2.62 bits per heavy atom. The number of aliphatic imine (C=N–C) groups is 1. The molecular formula is C17H23N3O. The van der Waals surface area contributed by atoms with Gasteiger partial charge in [0.2, 0.25) is 0 Å². The van der Waals surface area contributed by atoms with E-state index in [9.17, 15) is 0 Å². The Balaban J connectivity index is 1.77. The molecule has 2 aromatic rings. The summed E-state index contributed by atoms with van der Waals surface area (Å²) in [6.07, 6.45) is 0.930. The Kier molecular flexibility index (Phi) is 5.43. The van der Waals surface area contributed by atoms with Crippen LogP contribution in [-0.2, 0) is 0 Å². The van der Waals surface area contributed by atoms with Crippen LogP contribution in [0.2, 0.25) is 0 Å². The molecule has 2 rings (SSSR count). The predicted octanol–water partition coefficient (Wildman–Crippen LogP) is 2.75. The quantitative estimate of drug-likeness (QED) is 0.521. The molecule has 1 N–H and O–H groups in total. The van der Waals surface area contributed by atoms with Crippen LogP contribution < -0.4 is 10.1 Å². The Labute approximate surface area is 126 Å². The van der Waals surface area contributed by atoms with E-state index in [2.05, 4.69) is 34.6 Å². The maximum absolute atomic E-state index is 5.80. The molecule has 0 saturated carbocycles. The monoisotopic (exact) mass is 285 g/mol. The van der Waals surface area contributed by atoms with E-state index in [0.717, 1.165) is 24.7 Å². The molecule has 0 fully saturated rings. The molecule has 0 aliphatic carbocycles. The van der Waals surface area contributed by atoms with Crippen LogP contribution in [-0.4, -0.2) is 45.2 Å². The number of hydrogen-bond acceptors (Lipinski definition) is 2. The van der Waals surface area contributed by atoms with Gasteiger partial charge in [0.15, 0.2) is 5.96 Å². The first-order chi connectivity index (χ1) is 10.2. The summed E-state index contributed by atoms with van der Waals surface area (Å²) >= 11 is 0. The van der Waals surface area contributed by atoms with Gasteiger partial charge in [0.25, 0.3) is 0 Å². The zero-order valence-corrected chi connectivity index (χ0v) is 13.0. The highest BCUT2D eigenvalue weighted by molar-refractivity contribution is 5.83. The van der Waals surface area contributed by atoms with Gasteiger partial charge in [-0.2, -0.15) is 0 Å². The maximum atomic E-state index is 5.80. The summed E-state index contributed by atoms with van der Waals surface area (Å²) in [6.45, 7) is 1.54. The molecule has 0 radical (unpaired) electrons. The molecule has 0 spiro atoms. The van der Waals surface area contributed by atoms with E-state index in [1.807, 2.05) is 37.2 Å². The van der Waals surface area contributed by atoms with Crippen molar-refractivity contribution in [3.63, 3.8) is 0 Å². The predicted molar refractivity (Wildman–Crippen MR) is 89.1 cm³/mol. The Bertz CT molecular complexity index is 608. The first-order valence-corrected chi connectivity index (χ1v) is 7.20. The molecule has 4 heteroatoms. The highest BCUT2D eigenvalue weighted by atomic mass is 16.5. The minimum Gasteiger partial charge on any atom is -0.494 e.